The fourth-order valence-corrected chi connectivity index (χ4v) is 3.76. The van der Waals surface area contributed by atoms with Gasteiger partial charge in [0, 0.05) is 5.56 Å². The molecule has 0 aliphatic carbocycles. The molecule has 11 heteroatoms. The van der Waals surface area contributed by atoms with Crippen molar-refractivity contribution in [2.24, 2.45) is 4.99 Å². The van der Waals surface area contributed by atoms with E-state index in [0.29, 0.717) is 23.1 Å². The van der Waals surface area contributed by atoms with E-state index in [1.165, 1.54) is 11.1 Å². The van der Waals surface area contributed by atoms with Crippen molar-refractivity contribution in [1.29, 1.82) is 5.26 Å². The van der Waals surface area contributed by atoms with Crippen molar-refractivity contribution in [2.75, 3.05) is 16.6 Å². The van der Waals surface area contributed by atoms with Crippen LogP contribution >= 0.6 is 0 Å². The highest BCUT2D eigenvalue weighted by Gasteiger charge is 2.47. The summed E-state index contributed by atoms with van der Waals surface area (Å²) in [6.07, 6.45) is 1.63. The number of hydrogen-bond donors (Lipinski definition) is 0. The lowest BCUT2D eigenvalue weighted by Gasteiger charge is -2.39. The molecule has 1 unspecified atom stereocenters. The topological polar surface area (TPSA) is 101 Å². The average Bonchev–Trinajstić information content (AvgIpc) is 3.53. The molecule has 0 spiro atoms. The number of para-hydroxylation sites is 1. The maximum Gasteiger partial charge on any atom is 0.295 e. The predicted molar refractivity (Wildman–Crippen MR) is 102 cm³/mol. The Kier molecular flexibility index (Phi) is 3.23. The number of alkyl halides is 1. The van der Waals surface area contributed by atoms with Crippen molar-refractivity contribution in [3.05, 3.63) is 59.7 Å². The highest BCUT2D eigenvalue weighted by molar-refractivity contribution is 6.09. The van der Waals surface area contributed by atoms with Gasteiger partial charge < -0.3 is 8.94 Å². The number of furan rings is 1. The lowest BCUT2D eigenvalue weighted by molar-refractivity contribution is 0.204. The summed E-state index contributed by atoms with van der Waals surface area (Å²) in [6, 6.07) is 10.9. The lowest BCUT2D eigenvalue weighted by atomic mass is 10.1. The average molecular weight is 404 g/mol. The molecule has 3 aromatic rings. The van der Waals surface area contributed by atoms with E-state index < -0.39 is 6.42 Å². The minimum absolute atomic E-state index is 0.203. The molecule has 0 saturated carbocycles. The SMILES string of the molecule is Cc1ccc(-c2nc(N3CN=C4c5ccccc5N5C(=CN(C#N)C5F)N43)no2)o1. The van der Waals surface area contributed by atoms with Gasteiger partial charge in [0.25, 0.3) is 18.3 Å². The first-order valence-corrected chi connectivity index (χ1v) is 9.11. The van der Waals surface area contributed by atoms with Gasteiger partial charge in [-0.15, -0.1) is 0 Å². The molecule has 3 aliphatic heterocycles. The van der Waals surface area contributed by atoms with E-state index in [4.69, 9.17) is 8.94 Å². The first-order chi connectivity index (χ1) is 14.7. The molecule has 0 bridgehead atoms. The molecule has 6 rings (SSSR count). The fraction of sp³-hybridized carbons (Fsp3) is 0.158. The highest BCUT2D eigenvalue weighted by atomic mass is 19.1. The van der Waals surface area contributed by atoms with Crippen LogP contribution in [0.4, 0.5) is 16.0 Å². The van der Waals surface area contributed by atoms with Crippen LogP contribution in [-0.2, 0) is 0 Å². The number of hydrogen-bond acceptors (Lipinski definition) is 10. The van der Waals surface area contributed by atoms with Crippen LogP contribution in [0.15, 0.2) is 62.4 Å². The van der Waals surface area contributed by atoms with Crippen molar-refractivity contribution in [2.45, 2.75) is 13.3 Å². The van der Waals surface area contributed by atoms with Gasteiger partial charge in [0.2, 0.25) is 0 Å². The van der Waals surface area contributed by atoms with Gasteiger partial charge in [-0.3, -0.25) is 4.90 Å². The molecule has 148 valence electrons. The molecule has 0 amide bonds. The Morgan fingerprint density at radius 3 is 2.90 bits per heavy atom. The molecule has 0 radical (unpaired) electrons. The van der Waals surface area contributed by atoms with E-state index in [-0.39, 0.29) is 18.5 Å². The predicted octanol–water partition coefficient (Wildman–Crippen LogP) is 2.75. The van der Waals surface area contributed by atoms with Crippen molar-refractivity contribution in [3.63, 3.8) is 0 Å². The molecular formula is C19H13FN8O2. The fourth-order valence-electron chi connectivity index (χ4n) is 3.76. The minimum Gasteiger partial charge on any atom is -0.456 e. The number of anilines is 2. The normalized spacial score (nSPS) is 19.3. The quantitative estimate of drug-likeness (QED) is 0.471. The summed E-state index contributed by atoms with van der Waals surface area (Å²) in [7, 11) is 0. The molecule has 0 saturated heterocycles. The summed E-state index contributed by atoms with van der Waals surface area (Å²) in [4.78, 5) is 11.4. The first kappa shape index (κ1) is 16.6. The van der Waals surface area contributed by atoms with Crippen molar-refractivity contribution < 1.29 is 13.3 Å². The third-order valence-electron chi connectivity index (χ3n) is 5.07. The van der Waals surface area contributed by atoms with Crippen LogP contribution in [-0.4, -0.2) is 39.0 Å². The van der Waals surface area contributed by atoms with Crippen molar-refractivity contribution >= 4 is 17.5 Å². The van der Waals surface area contributed by atoms with Gasteiger partial charge in [0.05, 0.1) is 11.9 Å². The zero-order valence-corrected chi connectivity index (χ0v) is 15.6. The molecule has 3 aliphatic rings. The number of rotatable bonds is 2. The van der Waals surface area contributed by atoms with Gasteiger partial charge in [-0.1, -0.05) is 12.1 Å². The van der Waals surface area contributed by atoms with Crippen molar-refractivity contribution in [1.82, 2.24) is 20.0 Å². The summed E-state index contributed by atoms with van der Waals surface area (Å²) in [5.74, 6) is 2.69. The smallest absolute Gasteiger partial charge is 0.295 e. The van der Waals surface area contributed by atoms with Gasteiger partial charge in [0.15, 0.2) is 23.6 Å². The Balaban J connectivity index is 1.44. The molecule has 5 heterocycles. The van der Waals surface area contributed by atoms with Gasteiger partial charge in [-0.05, 0) is 36.3 Å². The van der Waals surface area contributed by atoms with E-state index in [9.17, 15) is 5.26 Å². The Morgan fingerprint density at radius 1 is 1.23 bits per heavy atom. The summed E-state index contributed by atoms with van der Waals surface area (Å²) in [5, 5.41) is 16.7. The zero-order chi connectivity index (χ0) is 20.4. The van der Waals surface area contributed by atoms with Crippen molar-refractivity contribution in [3.8, 4) is 17.8 Å². The minimum atomic E-state index is -1.66. The number of fused-ring (bicyclic) bond motifs is 6. The Hall–Kier alpha value is -4.33. The number of aliphatic imine (C=N–C) groups is 1. The number of amidine groups is 1. The summed E-state index contributed by atoms with van der Waals surface area (Å²) in [6.45, 7) is 2.02. The molecule has 1 aromatic carbocycles. The summed E-state index contributed by atoms with van der Waals surface area (Å²) in [5.41, 5.74) is 1.37. The third-order valence-corrected chi connectivity index (χ3v) is 5.07. The molecule has 1 atom stereocenters. The van der Waals surface area contributed by atoms with E-state index in [1.807, 2.05) is 31.3 Å². The Morgan fingerprint density at radius 2 is 2.10 bits per heavy atom. The van der Waals surface area contributed by atoms with E-state index in [0.717, 1.165) is 16.2 Å². The van der Waals surface area contributed by atoms with Crippen LogP contribution in [0.5, 0.6) is 0 Å². The zero-order valence-electron chi connectivity index (χ0n) is 15.6. The molecule has 2 aromatic heterocycles. The molecule has 30 heavy (non-hydrogen) atoms. The van der Waals surface area contributed by atoms with Gasteiger partial charge in [-0.2, -0.15) is 14.6 Å². The number of hydrazine groups is 1. The lowest BCUT2D eigenvalue weighted by Crippen LogP contribution is -2.51. The summed E-state index contributed by atoms with van der Waals surface area (Å²) < 4.78 is 25.9. The number of nitrogens with zero attached hydrogens (tertiary/aromatic N) is 8. The second-order valence-corrected chi connectivity index (χ2v) is 6.84. The molecule has 0 fully saturated rings. The van der Waals surface area contributed by atoms with Crippen LogP contribution < -0.4 is 9.91 Å². The van der Waals surface area contributed by atoms with E-state index in [1.54, 1.807) is 28.2 Å². The maximum absolute atomic E-state index is 15.0. The Bertz CT molecular complexity index is 1270. The van der Waals surface area contributed by atoms with E-state index >= 15 is 4.39 Å². The first-order valence-electron chi connectivity index (χ1n) is 9.11. The maximum atomic E-state index is 15.0. The number of halogens is 1. The number of aryl methyl sites for hydroxylation is 1. The molecular weight excluding hydrogens is 391 g/mol. The van der Waals surface area contributed by atoms with Gasteiger partial charge in [0.1, 0.15) is 12.4 Å². The number of nitriles is 1. The van der Waals surface area contributed by atoms with Crippen LogP contribution in [0.3, 0.4) is 0 Å². The van der Waals surface area contributed by atoms with Crippen LogP contribution in [0.1, 0.15) is 11.3 Å². The number of benzene rings is 1. The van der Waals surface area contributed by atoms with Gasteiger partial charge >= 0.3 is 0 Å². The van der Waals surface area contributed by atoms with Crippen LogP contribution in [0, 0.1) is 18.4 Å². The van der Waals surface area contributed by atoms with Gasteiger partial charge in [-0.25, -0.2) is 19.9 Å². The number of aromatic nitrogens is 2. The van der Waals surface area contributed by atoms with Crippen LogP contribution in [0.2, 0.25) is 0 Å². The monoisotopic (exact) mass is 404 g/mol. The third kappa shape index (κ3) is 2.12. The van der Waals surface area contributed by atoms with E-state index in [2.05, 4.69) is 15.1 Å². The van der Waals surface area contributed by atoms with Crippen LogP contribution in [0.25, 0.3) is 11.7 Å². The second-order valence-electron chi connectivity index (χ2n) is 6.84. The standard InChI is InChI=1S/C19H13FN8O2/c1-11-6-7-14(29-11)17-23-19(24-30-17)26-10-22-16-12-4-2-3-5-13(12)27-15(28(16)26)8-25(9-21)18(27)20/h2-8,18H,10H2,1H3. The molecule has 10 nitrogen and oxygen atoms in total. The largest absolute Gasteiger partial charge is 0.456 e. The highest BCUT2D eigenvalue weighted by Crippen LogP contribution is 2.42. The Labute approximate surface area is 169 Å². The second kappa shape index (κ2) is 5.84. The summed E-state index contributed by atoms with van der Waals surface area (Å²) >= 11 is 0. The molecule has 0 N–H and O–H groups in total.